The van der Waals surface area contributed by atoms with Crippen molar-refractivity contribution in [3.05, 3.63) is 36.5 Å². The largest absolute Gasteiger partial charge is 0.756 e. The van der Waals surface area contributed by atoms with Gasteiger partial charge in [0, 0.05) is 12.8 Å². The zero-order valence-corrected chi connectivity index (χ0v) is 39.3. The van der Waals surface area contributed by atoms with Gasteiger partial charge in [-0.2, -0.15) is 0 Å². The molecule has 11 heteroatoms. The van der Waals surface area contributed by atoms with E-state index in [2.05, 4.69) is 44.2 Å². The maximum absolute atomic E-state index is 12.7. The second kappa shape index (κ2) is 36.8. The van der Waals surface area contributed by atoms with Gasteiger partial charge in [0.05, 0.1) is 40.0 Å². The van der Waals surface area contributed by atoms with Crippen LogP contribution >= 0.6 is 7.82 Å². The molecule has 0 amide bonds. The minimum atomic E-state index is -4.64. The molecule has 1 fully saturated rings. The lowest BCUT2D eigenvalue weighted by atomic mass is 10.0. The molecule has 0 radical (unpaired) electrons. The number of ether oxygens (including phenoxy) is 3. The monoisotopic (exact) mass is 854 g/mol. The van der Waals surface area contributed by atoms with Gasteiger partial charge < -0.3 is 32.6 Å². The maximum Gasteiger partial charge on any atom is 0.306 e. The van der Waals surface area contributed by atoms with Gasteiger partial charge in [-0.05, 0) is 44.9 Å². The fourth-order valence-corrected chi connectivity index (χ4v) is 7.47. The number of hydrogen-bond donors (Lipinski definition) is 0. The minimum absolute atomic E-state index is 0.0424. The molecule has 1 heterocycles. The summed E-state index contributed by atoms with van der Waals surface area (Å²) in [6.07, 6.45) is 43.5. The Bertz CT molecular complexity index is 1170. The van der Waals surface area contributed by atoms with E-state index in [9.17, 15) is 19.0 Å². The first kappa shape index (κ1) is 55.2. The van der Waals surface area contributed by atoms with Crippen molar-refractivity contribution in [2.75, 3.05) is 47.5 Å². The van der Waals surface area contributed by atoms with E-state index in [0.29, 0.717) is 36.1 Å². The van der Waals surface area contributed by atoms with Crippen LogP contribution in [0.25, 0.3) is 0 Å². The molecule has 0 spiro atoms. The van der Waals surface area contributed by atoms with Crippen molar-refractivity contribution >= 4 is 19.8 Å². The molecule has 0 aliphatic carbocycles. The molecule has 10 nitrogen and oxygen atoms in total. The molecule has 0 saturated carbocycles. The Kier molecular flexibility index (Phi) is 34.4. The molecule has 344 valence electrons. The third kappa shape index (κ3) is 37.7. The number of epoxide rings is 1. The van der Waals surface area contributed by atoms with Gasteiger partial charge in [-0.25, -0.2) is 0 Å². The Labute approximate surface area is 361 Å². The third-order valence-corrected chi connectivity index (χ3v) is 11.6. The summed E-state index contributed by atoms with van der Waals surface area (Å²) in [5, 5.41) is 0. The lowest BCUT2D eigenvalue weighted by Gasteiger charge is -2.28. The molecular weight excluding hydrogens is 765 g/mol. The average Bonchev–Trinajstić information content (AvgIpc) is 3.94. The van der Waals surface area contributed by atoms with Gasteiger partial charge in [-0.1, -0.05) is 172 Å². The van der Waals surface area contributed by atoms with Gasteiger partial charge >= 0.3 is 11.9 Å². The molecule has 3 unspecified atom stereocenters. The first-order chi connectivity index (χ1) is 28.5. The highest BCUT2D eigenvalue weighted by Crippen LogP contribution is 2.38. The van der Waals surface area contributed by atoms with Gasteiger partial charge in [0.25, 0.3) is 7.82 Å². The van der Waals surface area contributed by atoms with Crippen LogP contribution in [0.3, 0.4) is 0 Å². The molecule has 0 aromatic heterocycles. The van der Waals surface area contributed by atoms with Crippen molar-refractivity contribution in [1.82, 2.24) is 0 Å². The summed E-state index contributed by atoms with van der Waals surface area (Å²) in [5.74, 6) is -0.899. The predicted molar refractivity (Wildman–Crippen MR) is 240 cm³/mol. The highest BCUT2D eigenvalue weighted by molar-refractivity contribution is 7.45. The van der Waals surface area contributed by atoms with Crippen molar-refractivity contribution < 1.29 is 46.8 Å². The summed E-state index contributed by atoms with van der Waals surface area (Å²) < 4.78 is 39.6. The molecule has 0 N–H and O–H groups in total. The normalized spacial score (nSPS) is 17.3. The fraction of sp³-hybridized carbons (Fsp3) is 0.833. The van der Waals surface area contributed by atoms with Crippen LogP contribution in [0.5, 0.6) is 0 Å². The van der Waals surface area contributed by atoms with Crippen molar-refractivity contribution in [3.63, 3.8) is 0 Å². The van der Waals surface area contributed by atoms with Crippen LogP contribution in [0.15, 0.2) is 36.5 Å². The number of unbranched alkanes of at least 4 members (excludes halogenated alkanes) is 19. The number of hydrogen-bond acceptors (Lipinski definition) is 9. The van der Waals surface area contributed by atoms with E-state index in [-0.39, 0.29) is 26.1 Å². The summed E-state index contributed by atoms with van der Waals surface area (Å²) in [5.41, 5.74) is 0. The summed E-state index contributed by atoms with van der Waals surface area (Å²) in [6.45, 7) is 4.14. The Morgan fingerprint density at radius 2 is 1.14 bits per heavy atom. The molecule has 0 aromatic carbocycles. The molecule has 1 aliphatic rings. The average molecular weight is 854 g/mol. The Morgan fingerprint density at radius 1 is 0.627 bits per heavy atom. The van der Waals surface area contributed by atoms with Crippen molar-refractivity contribution in [3.8, 4) is 0 Å². The van der Waals surface area contributed by atoms with Crippen LogP contribution in [0.2, 0.25) is 0 Å². The van der Waals surface area contributed by atoms with E-state index >= 15 is 0 Å². The molecule has 1 rings (SSSR count). The number of carbonyl (C=O) groups excluding carboxylic acids is 2. The number of nitrogens with zero attached hydrogens (tertiary/aromatic N) is 1. The standard InChI is InChI=1S/C48H88NO9P/c1-6-8-10-11-12-13-14-15-16-17-18-19-20-24-27-30-34-38-47(50)54-42-44(43-56-59(52,53)55-41-40-49(3,4)5)57-48(51)39-35-31-28-25-22-21-23-26-29-33-37-46-45(58-46)36-32-9-7-2/h21,23,25,28-29,33,44-46H,6-20,22,24,26-27,30-32,34-43H2,1-5H3/b23-21-,28-25-,33-29-/t44-,45?,46?/m1/s1. The van der Waals surface area contributed by atoms with Crippen molar-refractivity contribution in [2.24, 2.45) is 0 Å². The number of allylic oxidation sites excluding steroid dienone is 5. The number of esters is 2. The van der Waals surface area contributed by atoms with Crippen LogP contribution < -0.4 is 4.89 Å². The number of quaternary nitrogens is 1. The van der Waals surface area contributed by atoms with E-state index in [1.54, 1.807) is 0 Å². The molecule has 1 saturated heterocycles. The topological polar surface area (TPSA) is 124 Å². The summed E-state index contributed by atoms with van der Waals surface area (Å²) in [4.78, 5) is 37.6. The predicted octanol–water partition coefficient (Wildman–Crippen LogP) is 12.0. The molecule has 1 aliphatic heterocycles. The van der Waals surface area contributed by atoms with Crippen LogP contribution in [-0.2, 0) is 37.4 Å². The number of likely N-dealkylation sites (N-methyl/N-ethyl adjacent to an activating group) is 1. The maximum atomic E-state index is 12.7. The minimum Gasteiger partial charge on any atom is -0.756 e. The van der Waals surface area contributed by atoms with E-state index in [0.717, 1.165) is 38.5 Å². The van der Waals surface area contributed by atoms with Gasteiger partial charge in [-0.15, -0.1) is 0 Å². The van der Waals surface area contributed by atoms with E-state index < -0.39 is 32.5 Å². The lowest BCUT2D eigenvalue weighted by molar-refractivity contribution is -0.870. The van der Waals surface area contributed by atoms with Crippen molar-refractivity contribution in [2.45, 2.75) is 212 Å². The first-order valence-corrected chi connectivity index (χ1v) is 25.3. The number of carbonyl (C=O) groups is 2. The van der Waals surface area contributed by atoms with Crippen LogP contribution in [-0.4, -0.2) is 82.2 Å². The van der Waals surface area contributed by atoms with E-state index in [1.165, 1.54) is 116 Å². The number of phosphoric acid groups is 1. The first-order valence-electron chi connectivity index (χ1n) is 23.8. The third-order valence-electron chi connectivity index (χ3n) is 10.6. The fourth-order valence-electron chi connectivity index (χ4n) is 6.74. The summed E-state index contributed by atoms with van der Waals surface area (Å²) in [6, 6.07) is 0. The highest BCUT2D eigenvalue weighted by Gasteiger charge is 2.36. The Hall–Kier alpha value is -1.81. The molecule has 0 aromatic rings. The molecule has 4 atom stereocenters. The second-order valence-electron chi connectivity index (χ2n) is 17.5. The van der Waals surface area contributed by atoms with E-state index in [4.69, 9.17) is 23.3 Å². The van der Waals surface area contributed by atoms with Gasteiger partial charge in [0.15, 0.2) is 6.10 Å². The van der Waals surface area contributed by atoms with Gasteiger partial charge in [-0.3, -0.25) is 14.2 Å². The summed E-state index contributed by atoms with van der Waals surface area (Å²) in [7, 11) is 1.13. The Morgan fingerprint density at radius 3 is 1.71 bits per heavy atom. The number of phosphoric ester groups is 1. The molecular formula is C48H88NO9P. The highest BCUT2D eigenvalue weighted by atomic mass is 31.2. The second-order valence-corrected chi connectivity index (χ2v) is 18.9. The van der Waals surface area contributed by atoms with Crippen molar-refractivity contribution in [1.29, 1.82) is 0 Å². The summed E-state index contributed by atoms with van der Waals surface area (Å²) >= 11 is 0. The zero-order chi connectivity index (χ0) is 43.3. The van der Waals surface area contributed by atoms with Crippen LogP contribution in [0, 0.1) is 0 Å². The van der Waals surface area contributed by atoms with E-state index in [1.807, 2.05) is 27.2 Å². The van der Waals surface area contributed by atoms with Crippen LogP contribution in [0.4, 0.5) is 0 Å². The Balaban J connectivity index is 2.28. The quantitative estimate of drug-likeness (QED) is 0.0147. The smallest absolute Gasteiger partial charge is 0.306 e. The molecule has 59 heavy (non-hydrogen) atoms. The molecule has 0 bridgehead atoms. The lowest BCUT2D eigenvalue weighted by Crippen LogP contribution is -2.37. The van der Waals surface area contributed by atoms with Gasteiger partial charge in [0.2, 0.25) is 0 Å². The van der Waals surface area contributed by atoms with Crippen LogP contribution in [0.1, 0.15) is 194 Å². The number of rotatable bonds is 42. The zero-order valence-electron chi connectivity index (χ0n) is 38.4. The van der Waals surface area contributed by atoms with Gasteiger partial charge in [0.1, 0.15) is 19.8 Å². The SMILES string of the molecule is CCCCCCCCCCCCCCCCCCCC(=O)OC[C@H](COP(=O)([O-])OCC[N+](C)(C)C)OC(=O)CCC/C=C\C/C=C\C/C=C\CC1OC1CCCCC.